The molecule has 2 aromatic carbocycles. The van der Waals surface area contributed by atoms with Gasteiger partial charge in [-0.05, 0) is 30.3 Å². The Labute approximate surface area is 145 Å². The number of carbonyl (C=O) groups is 2. The van der Waals surface area contributed by atoms with E-state index in [0.717, 1.165) is 0 Å². The number of nitrogens with one attached hydrogen (secondary N) is 2. The van der Waals surface area contributed by atoms with Crippen LogP contribution in [0, 0.1) is 0 Å². The van der Waals surface area contributed by atoms with Gasteiger partial charge in [0.25, 0.3) is 5.91 Å². The topological polar surface area (TPSA) is 96.9 Å². The number of rotatable bonds is 8. The molecule has 0 aliphatic heterocycles. The average molecular weight is 344 g/mol. The number of benzene rings is 2. The van der Waals surface area contributed by atoms with Crippen LogP contribution in [0.25, 0.3) is 0 Å². The summed E-state index contributed by atoms with van der Waals surface area (Å²) in [7, 11) is 1.48. The molecule has 0 aliphatic carbocycles. The van der Waals surface area contributed by atoms with Crippen LogP contribution in [0.5, 0.6) is 11.5 Å². The number of ether oxygens (including phenoxy) is 2. The minimum absolute atomic E-state index is 0.0842. The fourth-order valence-corrected chi connectivity index (χ4v) is 2.08. The average Bonchev–Trinajstić information content (AvgIpc) is 2.65. The summed E-state index contributed by atoms with van der Waals surface area (Å²) in [6.07, 6.45) is 0. The van der Waals surface area contributed by atoms with E-state index in [-0.39, 0.29) is 25.7 Å². The lowest BCUT2D eigenvalue weighted by Gasteiger charge is -2.12. The second kappa shape index (κ2) is 9.29. The molecule has 2 aromatic rings. The van der Waals surface area contributed by atoms with Crippen molar-refractivity contribution in [2.45, 2.75) is 0 Å². The summed E-state index contributed by atoms with van der Waals surface area (Å²) >= 11 is 0. The van der Waals surface area contributed by atoms with Crippen LogP contribution in [0.3, 0.4) is 0 Å². The normalized spacial score (nSPS) is 10.0. The van der Waals surface area contributed by atoms with Crippen LogP contribution in [-0.4, -0.2) is 43.8 Å². The van der Waals surface area contributed by atoms with Gasteiger partial charge in [-0.25, -0.2) is 0 Å². The van der Waals surface area contributed by atoms with Crippen LogP contribution in [0.15, 0.2) is 48.5 Å². The first kappa shape index (κ1) is 18.3. The van der Waals surface area contributed by atoms with Gasteiger partial charge in [0.2, 0.25) is 5.91 Å². The van der Waals surface area contributed by atoms with E-state index in [0.29, 0.717) is 22.7 Å². The molecule has 0 aromatic heterocycles. The lowest BCUT2D eigenvalue weighted by Crippen LogP contribution is -2.32. The Hall–Kier alpha value is -3.06. The molecule has 0 aliphatic rings. The number of hydrogen-bond acceptors (Lipinski definition) is 5. The van der Waals surface area contributed by atoms with Crippen molar-refractivity contribution in [1.29, 1.82) is 0 Å². The Morgan fingerprint density at radius 1 is 1.08 bits per heavy atom. The molecule has 3 N–H and O–H groups in total. The van der Waals surface area contributed by atoms with E-state index < -0.39 is 5.91 Å². The van der Waals surface area contributed by atoms with Crippen molar-refractivity contribution in [3.8, 4) is 11.5 Å². The van der Waals surface area contributed by atoms with Crippen LogP contribution < -0.4 is 20.1 Å². The first-order chi connectivity index (χ1) is 12.1. The number of anilines is 1. The van der Waals surface area contributed by atoms with Crippen molar-refractivity contribution in [3.63, 3.8) is 0 Å². The van der Waals surface area contributed by atoms with Gasteiger partial charge in [0.05, 0.1) is 20.3 Å². The monoisotopic (exact) mass is 344 g/mol. The SMILES string of the molecule is COc1ccc(C(=O)NCC(=O)Nc2ccccc2)cc1OCCO. The molecule has 0 heterocycles. The van der Waals surface area contributed by atoms with Gasteiger partial charge < -0.3 is 25.2 Å². The summed E-state index contributed by atoms with van der Waals surface area (Å²) in [6.45, 7) is -0.229. The Morgan fingerprint density at radius 3 is 2.52 bits per heavy atom. The zero-order chi connectivity index (χ0) is 18.1. The van der Waals surface area contributed by atoms with Crippen LogP contribution >= 0.6 is 0 Å². The number of aliphatic hydroxyl groups is 1. The summed E-state index contributed by atoms with van der Waals surface area (Å²) < 4.78 is 10.5. The Kier molecular flexibility index (Phi) is 6.79. The summed E-state index contributed by atoms with van der Waals surface area (Å²) in [6, 6.07) is 13.6. The van der Waals surface area contributed by atoms with Crippen LogP contribution in [0.4, 0.5) is 5.69 Å². The maximum absolute atomic E-state index is 12.2. The molecule has 0 radical (unpaired) electrons. The molecule has 2 rings (SSSR count). The zero-order valence-electron chi connectivity index (χ0n) is 13.8. The number of para-hydroxylation sites is 1. The third kappa shape index (κ3) is 5.50. The van der Waals surface area contributed by atoms with Crippen molar-refractivity contribution >= 4 is 17.5 Å². The molecule has 2 amide bonds. The van der Waals surface area contributed by atoms with Crippen molar-refractivity contribution in [3.05, 3.63) is 54.1 Å². The molecule has 7 nitrogen and oxygen atoms in total. The van der Waals surface area contributed by atoms with Gasteiger partial charge in [-0.2, -0.15) is 0 Å². The second-order valence-corrected chi connectivity index (χ2v) is 5.03. The maximum atomic E-state index is 12.2. The molecule has 0 saturated carbocycles. The van der Waals surface area contributed by atoms with Crippen molar-refractivity contribution < 1.29 is 24.2 Å². The summed E-state index contributed by atoms with van der Waals surface area (Å²) in [4.78, 5) is 24.0. The Morgan fingerprint density at radius 2 is 1.84 bits per heavy atom. The van der Waals surface area contributed by atoms with Gasteiger partial charge in [-0.3, -0.25) is 9.59 Å². The Balaban J connectivity index is 1.94. The third-order valence-electron chi connectivity index (χ3n) is 3.24. The Bertz CT molecular complexity index is 719. The summed E-state index contributed by atoms with van der Waals surface area (Å²) in [5.41, 5.74) is 0.979. The molecule has 25 heavy (non-hydrogen) atoms. The maximum Gasteiger partial charge on any atom is 0.251 e. The zero-order valence-corrected chi connectivity index (χ0v) is 13.8. The first-order valence-corrected chi connectivity index (χ1v) is 7.69. The van der Waals surface area contributed by atoms with Gasteiger partial charge in [0.15, 0.2) is 11.5 Å². The van der Waals surface area contributed by atoms with Crippen LogP contribution in [-0.2, 0) is 4.79 Å². The molecule has 0 unspecified atom stereocenters. The van der Waals surface area contributed by atoms with E-state index >= 15 is 0 Å². The summed E-state index contributed by atoms with van der Waals surface area (Å²) in [5, 5.41) is 14.1. The van der Waals surface area contributed by atoms with Crippen molar-refractivity contribution in [1.82, 2.24) is 5.32 Å². The van der Waals surface area contributed by atoms with Gasteiger partial charge in [-0.1, -0.05) is 18.2 Å². The van der Waals surface area contributed by atoms with Crippen LogP contribution in [0.1, 0.15) is 10.4 Å². The van der Waals surface area contributed by atoms with Gasteiger partial charge in [0.1, 0.15) is 6.61 Å². The van der Waals surface area contributed by atoms with Crippen molar-refractivity contribution in [2.75, 3.05) is 32.2 Å². The number of methoxy groups -OCH3 is 1. The predicted octanol–water partition coefficient (Wildman–Crippen LogP) is 1.43. The van der Waals surface area contributed by atoms with E-state index in [4.69, 9.17) is 14.6 Å². The second-order valence-electron chi connectivity index (χ2n) is 5.03. The molecule has 132 valence electrons. The highest BCUT2D eigenvalue weighted by Crippen LogP contribution is 2.27. The predicted molar refractivity (Wildman–Crippen MR) is 93.0 cm³/mol. The lowest BCUT2D eigenvalue weighted by atomic mass is 10.2. The molecule has 0 fully saturated rings. The lowest BCUT2D eigenvalue weighted by molar-refractivity contribution is -0.115. The number of hydrogen-bond donors (Lipinski definition) is 3. The van der Waals surface area contributed by atoms with E-state index in [2.05, 4.69) is 10.6 Å². The minimum atomic E-state index is -0.417. The molecular weight excluding hydrogens is 324 g/mol. The van der Waals surface area contributed by atoms with E-state index in [1.54, 1.807) is 36.4 Å². The number of amides is 2. The summed E-state index contributed by atoms with van der Waals surface area (Å²) in [5.74, 6) is 0.0503. The highest BCUT2D eigenvalue weighted by molar-refractivity contribution is 5.99. The van der Waals surface area contributed by atoms with Crippen molar-refractivity contribution in [2.24, 2.45) is 0 Å². The molecule has 7 heteroatoms. The molecule has 0 spiro atoms. The minimum Gasteiger partial charge on any atom is -0.493 e. The van der Waals surface area contributed by atoms with E-state index in [1.807, 2.05) is 6.07 Å². The smallest absolute Gasteiger partial charge is 0.251 e. The van der Waals surface area contributed by atoms with Gasteiger partial charge >= 0.3 is 0 Å². The molecule has 0 atom stereocenters. The van der Waals surface area contributed by atoms with Crippen LogP contribution in [0.2, 0.25) is 0 Å². The van der Waals surface area contributed by atoms with E-state index in [9.17, 15) is 9.59 Å². The first-order valence-electron chi connectivity index (χ1n) is 7.69. The fraction of sp³-hybridized carbons (Fsp3) is 0.222. The molecule has 0 saturated heterocycles. The molecule has 0 bridgehead atoms. The third-order valence-corrected chi connectivity index (χ3v) is 3.24. The quantitative estimate of drug-likeness (QED) is 0.673. The largest absolute Gasteiger partial charge is 0.493 e. The standard InChI is InChI=1S/C18H20N2O5/c1-24-15-8-7-13(11-16(15)25-10-9-21)18(23)19-12-17(22)20-14-5-3-2-4-6-14/h2-8,11,21H,9-10,12H2,1H3,(H,19,23)(H,20,22). The van der Waals surface area contributed by atoms with Gasteiger partial charge in [0, 0.05) is 11.3 Å². The number of carbonyl (C=O) groups excluding carboxylic acids is 2. The number of aliphatic hydroxyl groups excluding tert-OH is 1. The van der Waals surface area contributed by atoms with Gasteiger partial charge in [-0.15, -0.1) is 0 Å². The highest BCUT2D eigenvalue weighted by atomic mass is 16.5. The highest BCUT2D eigenvalue weighted by Gasteiger charge is 2.12. The molecular formula is C18H20N2O5. The van der Waals surface area contributed by atoms with E-state index in [1.165, 1.54) is 13.2 Å². The fourth-order valence-electron chi connectivity index (χ4n) is 2.08.